The largest absolute Gasteiger partial charge is 0.454 e. The summed E-state index contributed by atoms with van der Waals surface area (Å²) in [5.74, 6) is 1.85. The number of fused-ring (bicyclic) bond motifs is 1. The standard InChI is InChI=1S/C17H18N4O3/c22-17(20-12-4-5-14-15(8-12)24-11-23-14)13-9-16(19-10-18-13)21-6-2-1-3-7-21/h4-5,8-10H,1-3,6-7,11H2,(H,20,22). The Morgan fingerprint density at radius 1 is 1.04 bits per heavy atom. The zero-order chi connectivity index (χ0) is 16.4. The lowest BCUT2D eigenvalue weighted by Gasteiger charge is -2.27. The van der Waals surface area contributed by atoms with Crippen molar-refractivity contribution in [1.82, 2.24) is 9.97 Å². The van der Waals surface area contributed by atoms with Gasteiger partial charge in [-0.2, -0.15) is 0 Å². The topological polar surface area (TPSA) is 76.6 Å². The van der Waals surface area contributed by atoms with Gasteiger partial charge >= 0.3 is 0 Å². The summed E-state index contributed by atoms with van der Waals surface area (Å²) in [5.41, 5.74) is 0.991. The molecule has 0 atom stereocenters. The molecule has 3 heterocycles. The maximum atomic E-state index is 12.5. The summed E-state index contributed by atoms with van der Waals surface area (Å²) < 4.78 is 10.6. The molecule has 1 saturated heterocycles. The molecule has 0 bridgehead atoms. The van der Waals surface area contributed by atoms with Crippen molar-refractivity contribution >= 4 is 17.4 Å². The van der Waals surface area contributed by atoms with E-state index in [0.29, 0.717) is 22.9 Å². The lowest BCUT2D eigenvalue weighted by Crippen LogP contribution is -2.30. The molecule has 1 fully saturated rings. The molecule has 2 aliphatic heterocycles. The lowest BCUT2D eigenvalue weighted by molar-refractivity contribution is 0.102. The first-order valence-electron chi connectivity index (χ1n) is 8.07. The fourth-order valence-corrected chi connectivity index (χ4v) is 2.94. The average molecular weight is 326 g/mol. The maximum Gasteiger partial charge on any atom is 0.274 e. The fraction of sp³-hybridized carbons (Fsp3) is 0.353. The molecule has 7 nitrogen and oxygen atoms in total. The zero-order valence-corrected chi connectivity index (χ0v) is 13.2. The molecule has 1 amide bonds. The molecule has 2 aliphatic rings. The van der Waals surface area contributed by atoms with Crippen LogP contribution in [0.1, 0.15) is 29.8 Å². The Kier molecular flexibility index (Phi) is 3.90. The summed E-state index contributed by atoms with van der Waals surface area (Å²) in [6.45, 7) is 2.15. The number of carbonyl (C=O) groups excluding carboxylic acids is 1. The van der Waals surface area contributed by atoms with Crippen LogP contribution in [0.15, 0.2) is 30.6 Å². The number of carbonyl (C=O) groups is 1. The molecule has 0 aliphatic carbocycles. The van der Waals surface area contributed by atoms with Crippen molar-refractivity contribution in [3.8, 4) is 11.5 Å². The number of nitrogens with one attached hydrogen (secondary N) is 1. The molecular formula is C17H18N4O3. The molecule has 0 saturated carbocycles. The highest BCUT2D eigenvalue weighted by Gasteiger charge is 2.17. The van der Waals surface area contributed by atoms with E-state index < -0.39 is 0 Å². The van der Waals surface area contributed by atoms with Crippen LogP contribution >= 0.6 is 0 Å². The SMILES string of the molecule is O=C(Nc1ccc2c(c1)OCO2)c1cc(N2CCCCC2)ncn1. The van der Waals surface area contributed by atoms with Crippen LogP contribution in [0.3, 0.4) is 0 Å². The van der Waals surface area contributed by atoms with Gasteiger partial charge in [0.15, 0.2) is 11.5 Å². The molecule has 4 rings (SSSR count). The van der Waals surface area contributed by atoms with Crippen molar-refractivity contribution in [3.63, 3.8) is 0 Å². The van der Waals surface area contributed by atoms with Crippen molar-refractivity contribution in [2.24, 2.45) is 0 Å². The van der Waals surface area contributed by atoms with Gasteiger partial charge in [-0.3, -0.25) is 4.79 Å². The molecule has 1 aromatic heterocycles. The monoisotopic (exact) mass is 326 g/mol. The number of piperidine rings is 1. The molecule has 0 spiro atoms. The number of ether oxygens (including phenoxy) is 2. The van der Waals surface area contributed by atoms with Crippen LogP contribution in [0.5, 0.6) is 11.5 Å². The van der Waals surface area contributed by atoms with Gasteiger partial charge in [0.1, 0.15) is 17.8 Å². The third kappa shape index (κ3) is 2.97. The van der Waals surface area contributed by atoms with Crippen LogP contribution in [0.25, 0.3) is 0 Å². The first kappa shape index (κ1) is 14.7. The Bertz CT molecular complexity index is 759. The molecular weight excluding hydrogens is 308 g/mol. The fourth-order valence-electron chi connectivity index (χ4n) is 2.94. The molecule has 7 heteroatoms. The predicted molar refractivity (Wildman–Crippen MR) is 88.6 cm³/mol. The number of benzene rings is 1. The quantitative estimate of drug-likeness (QED) is 0.933. The summed E-state index contributed by atoms with van der Waals surface area (Å²) in [6.07, 6.45) is 5.00. The molecule has 2 aromatic rings. The number of aromatic nitrogens is 2. The van der Waals surface area contributed by atoms with Crippen LogP contribution in [0.2, 0.25) is 0 Å². The number of rotatable bonds is 3. The second kappa shape index (κ2) is 6.35. The van der Waals surface area contributed by atoms with E-state index in [2.05, 4.69) is 20.2 Å². The maximum absolute atomic E-state index is 12.5. The summed E-state index contributed by atoms with van der Waals surface area (Å²) in [7, 11) is 0. The highest BCUT2D eigenvalue weighted by molar-refractivity contribution is 6.03. The Morgan fingerprint density at radius 3 is 2.75 bits per heavy atom. The first-order valence-corrected chi connectivity index (χ1v) is 8.07. The number of nitrogens with zero attached hydrogens (tertiary/aromatic N) is 3. The predicted octanol–water partition coefficient (Wildman–Crippen LogP) is 2.45. The molecule has 124 valence electrons. The zero-order valence-electron chi connectivity index (χ0n) is 13.2. The second-order valence-electron chi connectivity index (χ2n) is 5.83. The Labute approximate surface area is 139 Å². The first-order chi connectivity index (χ1) is 11.8. The highest BCUT2D eigenvalue weighted by atomic mass is 16.7. The minimum Gasteiger partial charge on any atom is -0.454 e. The average Bonchev–Trinajstić information content (AvgIpc) is 3.10. The third-order valence-electron chi connectivity index (χ3n) is 4.20. The van der Waals surface area contributed by atoms with Crippen molar-refractivity contribution in [3.05, 3.63) is 36.3 Å². The van der Waals surface area contributed by atoms with Crippen molar-refractivity contribution < 1.29 is 14.3 Å². The summed E-state index contributed by atoms with van der Waals surface area (Å²) in [4.78, 5) is 23.0. The Morgan fingerprint density at radius 2 is 1.88 bits per heavy atom. The number of hydrogen-bond donors (Lipinski definition) is 1. The van der Waals surface area contributed by atoms with Crippen LogP contribution in [0.4, 0.5) is 11.5 Å². The van der Waals surface area contributed by atoms with Gasteiger partial charge in [-0.1, -0.05) is 0 Å². The molecule has 0 radical (unpaired) electrons. The summed E-state index contributed by atoms with van der Waals surface area (Å²) in [6, 6.07) is 7.04. The molecule has 0 unspecified atom stereocenters. The second-order valence-corrected chi connectivity index (χ2v) is 5.83. The lowest BCUT2D eigenvalue weighted by atomic mass is 10.1. The Balaban J connectivity index is 1.50. The van der Waals surface area contributed by atoms with Crippen molar-refractivity contribution in [2.75, 3.05) is 30.1 Å². The normalized spacial score (nSPS) is 16.1. The van der Waals surface area contributed by atoms with Crippen LogP contribution in [0, 0.1) is 0 Å². The molecule has 1 N–H and O–H groups in total. The minimum absolute atomic E-state index is 0.206. The van der Waals surface area contributed by atoms with Gasteiger partial charge in [0, 0.05) is 30.9 Å². The van der Waals surface area contributed by atoms with Crippen LogP contribution in [-0.4, -0.2) is 35.8 Å². The van der Waals surface area contributed by atoms with E-state index in [4.69, 9.17) is 9.47 Å². The third-order valence-corrected chi connectivity index (χ3v) is 4.20. The van der Waals surface area contributed by atoms with E-state index in [9.17, 15) is 4.79 Å². The minimum atomic E-state index is -0.269. The highest BCUT2D eigenvalue weighted by Crippen LogP contribution is 2.34. The van der Waals surface area contributed by atoms with E-state index in [1.54, 1.807) is 24.3 Å². The summed E-state index contributed by atoms with van der Waals surface area (Å²) in [5, 5.41) is 2.83. The van der Waals surface area contributed by atoms with Gasteiger partial charge < -0.3 is 19.7 Å². The van der Waals surface area contributed by atoms with Crippen LogP contribution < -0.4 is 19.7 Å². The van der Waals surface area contributed by atoms with E-state index in [1.807, 2.05) is 0 Å². The number of hydrogen-bond acceptors (Lipinski definition) is 6. The van der Waals surface area contributed by atoms with Gasteiger partial charge in [0.2, 0.25) is 6.79 Å². The van der Waals surface area contributed by atoms with Gasteiger partial charge in [-0.25, -0.2) is 9.97 Å². The van der Waals surface area contributed by atoms with E-state index in [0.717, 1.165) is 31.7 Å². The summed E-state index contributed by atoms with van der Waals surface area (Å²) >= 11 is 0. The van der Waals surface area contributed by atoms with E-state index in [-0.39, 0.29) is 12.7 Å². The number of amides is 1. The van der Waals surface area contributed by atoms with Gasteiger partial charge in [-0.05, 0) is 31.4 Å². The van der Waals surface area contributed by atoms with Crippen molar-refractivity contribution in [2.45, 2.75) is 19.3 Å². The van der Waals surface area contributed by atoms with Gasteiger partial charge in [0.05, 0.1) is 0 Å². The molecule has 24 heavy (non-hydrogen) atoms. The van der Waals surface area contributed by atoms with Crippen molar-refractivity contribution in [1.29, 1.82) is 0 Å². The van der Waals surface area contributed by atoms with E-state index in [1.165, 1.54) is 12.7 Å². The molecule has 1 aromatic carbocycles. The Hall–Kier alpha value is -2.83. The van der Waals surface area contributed by atoms with Crippen LogP contribution in [-0.2, 0) is 0 Å². The van der Waals surface area contributed by atoms with E-state index >= 15 is 0 Å². The smallest absolute Gasteiger partial charge is 0.274 e. The number of anilines is 2. The van der Waals surface area contributed by atoms with Gasteiger partial charge in [-0.15, -0.1) is 0 Å². The van der Waals surface area contributed by atoms with Gasteiger partial charge in [0.25, 0.3) is 5.91 Å².